The minimum absolute atomic E-state index is 0.00331. The fourth-order valence-electron chi connectivity index (χ4n) is 6.48. The number of benzene rings is 3. The molecule has 0 saturated carbocycles. The molecule has 0 saturated heterocycles. The lowest BCUT2D eigenvalue weighted by molar-refractivity contribution is -0.151. The van der Waals surface area contributed by atoms with Crippen molar-refractivity contribution in [2.45, 2.75) is 150 Å². The first-order chi connectivity index (χ1) is 22.9. The third-order valence-corrected chi connectivity index (χ3v) is 10.3. The molecule has 0 aliphatic carbocycles. The highest BCUT2D eigenvalue weighted by atomic mass is 16.6. The fraction of sp³-hybridized carbons (Fsp3) is 0.545. The number of aromatic hydroxyl groups is 1. The zero-order valence-electron chi connectivity index (χ0n) is 32.2. The number of carbonyl (C=O) groups is 2. The number of unbranched alkanes of at least 4 members (excludes halogenated alkanes) is 4. The van der Waals surface area contributed by atoms with Gasteiger partial charge in [-0.15, -0.1) is 0 Å². The lowest BCUT2D eigenvalue weighted by atomic mass is 9.80. The molecule has 0 unspecified atom stereocenters. The van der Waals surface area contributed by atoms with Gasteiger partial charge in [0, 0.05) is 0 Å². The average molecular weight is 671 g/mol. The summed E-state index contributed by atoms with van der Waals surface area (Å²) in [5.41, 5.74) is 5.16. The Kier molecular flexibility index (Phi) is 13.7. The van der Waals surface area contributed by atoms with Crippen molar-refractivity contribution in [1.29, 1.82) is 0 Å². The van der Waals surface area contributed by atoms with Crippen molar-refractivity contribution in [2.75, 3.05) is 0 Å². The standard InChI is InChI=1S/C44H62O5/c1-12-14-16-26-43(8,9)33-18-22-35(23-19-33)48-40(46)37(28-32-29-38(42(5,6)7)39(45)31(4)30(32)3)41(47)49-36-24-20-34(21-25-36)44(10,11)27-17-15-13-2/h18-25,29,37,45H,12-17,26-28H2,1-11H3. The van der Waals surface area contributed by atoms with Crippen LogP contribution in [0.1, 0.15) is 147 Å². The van der Waals surface area contributed by atoms with Crippen molar-refractivity contribution in [1.82, 2.24) is 0 Å². The lowest BCUT2D eigenvalue weighted by Gasteiger charge is -2.26. The third kappa shape index (κ3) is 10.7. The molecule has 49 heavy (non-hydrogen) atoms. The second-order valence-corrected chi connectivity index (χ2v) is 16.3. The van der Waals surface area contributed by atoms with Crippen LogP contribution in [-0.4, -0.2) is 17.0 Å². The number of phenolic OH excluding ortho intramolecular Hbond substituents is 1. The maximum Gasteiger partial charge on any atom is 0.326 e. The molecular weight excluding hydrogens is 608 g/mol. The summed E-state index contributed by atoms with van der Waals surface area (Å²) in [6.07, 6.45) is 9.33. The summed E-state index contributed by atoms with van der Waals surface area (Å²) in [5, 5.41) is 11.0. The van der Waals surface area contributed by atoms with Gasteiger partial charge in [-0.25, -0.2) is 0 Å². The van der Waals surface area contributed by atoms with E-state index >= 15 is 0 Å². The van der Waals surface area contributed by atoms with Gasteiger partial charge in [-0.05, 0) is 107 Å². The van der Waals surface area contributed by atoms with Crippen LogP contribution in [0.2, 0.25) is 0 Å². The fourth-order valence-corrected chi connectivity index (χ4v) is 6.48. The van der Waals surface area contributed by atoms with E-state index in [1.807, 2.05) is 89.2 Å². The predicted octanol–water partition coefficient (Wildman–Crippen LogP) is 11.4. The zero-order valence-corrected chi connectivity index (χ0v) is 32.2. The van der Waals surface area contributed by atoms with Crippen LogP contribution in [0.15, 0.2) is 54.6 Å². The summed E-state index contributed by atoms with van der Waals surface area (Å²) in [7, 11) is 0. The molecule has 5 nitrogen and oxygen atoms in total. The van der Waals surface area contributed by atoms with E-state index in [2.05, 4.69) is 41.5 Å². The number of hydrogen-bond acceptors (Lipinski definition) is 5. The smallest absolute Gasteiger partial charge is 0.326 e. The average Bonchev–Trinajstić information content (AvgIpc) is 3.03. The van der Waals surface area contributed by atoms with Crippen molar-refractivity contribution in [3.05, 3.63) is 88.0 Å². The molecule has 0 radical (unpaired) electrons. The molecule has 3 rings (SSSR count). The predicted molar refractivity (Wildman–Crippen MR) is 202 cm³/mol. The molecule has 0 spiro atoms. The van der Waals surface area contributed by atoms with Crippen LogP contribution >= 0.6 is 0 Å². The van der Waals surface area contributed by atoms with E-state index in [0.29, 0.717) is 11.5 Å². The molecular formula is C44H62O5. The number of hydrogen-bond donors (Lipinski definition) is 1. The van der Waals surface area contributed by atoms with E-state index < -0.39 is 17.9 Å². The summed E-state index contributed by atoms with van der Waals surface area (Å²) in [6, 6.07) is 17.2. The van der Waals surface area contributed by atoms with Crippen LogP contribution in [-0.2, 0) is 32.3 Å². The van der Waals surface area contributed by atoms with Gasteiger partial charge in [0.25, 0.3) is 0 Å². The summed E-state index contributed by atoms with van der Waals surface area (Å²) in [5.74, 6) is -1.54. The molecule has 3 aromatic carbocycles. The van der Waals surface area contributed by atoms with Crippen molar-refractivity contribution < 1.29 is 24.2 Å². The van der Waals surface area contributed by atoms with E-state index in [1.165, 1.54) is 36.8 Å². The van der Waals surface area contributed by atoms with E-state index in [0.717, 1.165) is 47.9 Å². The van der Waals surface area contributed by atoms with Gasteiger partial charge in [0.2, 0.25) is 0 Å². The van der Waals surface area contributed by atoms with Crippen LogP contribution in [0.3, 0.4) is 0 Å². The normalized spacial score (nSPS) is 12.3. The van der Waals surface area contributed by atoms with E-state index in [-0.39, 0.29) is 28.4 Å². The van der Waals surface area contributed by atoms with Gasteiger partial charge in [0.05, 0.1) is 0 Å². The molecule has 0 aliphatic rings. The molecule has 0 atom stereocenters. The van der Waals surface area contributed by atoms with Gasteiger partial charge in [-0.2, -0.15) is 0 Å². The summed E-state index contributed by atoms with van der Waals surface area (Å²) in [6.45, 7) is 23.2. The van der Waals surface area contributed by atoms with Gasteiger partial charge in [-0.3, -0.25) is 9.59 Å². The highest BCUT2D eigenvalue weighted by Gasteiger charge is 2.33. The van der Waals surface area contributed by atoms with Crippen LogP contribution in [0.25, 0.3) is 0 Å². The highest BCUT2D eigenvalue weighted by molar-refractivity contribution is 5.97. The molecule has 268 valence electrons. The van der Waals surface area contributed by atoms with Crippen molar-refractivity contribution in [3.8, 4) is 17.2 Å². The van der Waals surface area contributed by atoms with Gasteiger partial charge >= 0.3 is 11.9 Å². The molecule has 0 heterocycles. The Morgan fingerprint density at radius 3 is 1.43 bits per heavy atom. The van der Waals surface area contributed by atoms with E-state index in [1.54, 1.807) is 0 Å². The number of rotatable bonds is 16. The Morgan fingerprint density at radius 1 is 0.653 bits per heavy atom. The van der Waals surface area contributed by atoms with E-state index in [4.69, 9.17) is 9.47 Å². The van der Waals surface area contributed by atoms with E-state index in [9.17, 15) is 14.7 Å². The van der Waals surface area contributed by atoms with Gasteiger partial charge < -0.3 is 14.6 Å². The van der Waals surface area contributed by atoms with Crippen LogP contribution < -0.4 is 9.47 Å². The summed E-state index contributed by atoms with van der Waals surface area (Å²) in [4.78, 5) is 27.8. The Balaban J connectivity index is 1.91. The lowest BCUT2D eigenvalue weighted by Crippen LogP contribution is -2.33. The SMILES string of the molecule is CCCCCC(C)(C)c1ccc(OC(=O)C(Cc2cc(C(C)(C)C)c(O)c(C)c2C)C(=O)Oc2ccc(C(C)(C)CCCCC)cc2)cc1. The Morgan fingerprint density at radius 2 is 1.06 bits per heavy atom. The highest BCUT2D eigenvalue weighted by Crippen LogP contribution is 2.38. The second-order valence-electron chi connectivity index (χ2n) is 16.3. The van der Waals surface area contributed by atoms with Gasteiger partial charge in [0.1, 0.15) is 17.2 Å². The minimum Gasteiger partial charge on any atom is -0.507 e. The minimum atomic E-state index is -1.22. The first-order valence-electron chi connectivity index (χ1n) is 18.4. The molecule has 1 N–H and O–H groups in total. The van der Waals surface area contributed by atoms with Gasteiger partial charge in [-0.1, -0.05) is 131 Å². The Bertz CT molecular complexity index is 1460. The summed E-state index contributed by atoms with van der Waals surface area (Å²) < 4.78 is 11.8. The first-order valence-corrected chi connectivity index (χ1v) is 18.4. The quantitative estimate of drug-likeness (QED) is 0.0710. The Labute approximate surface area is 296 Å². The molecule has 0 aromatic heterocycles. The molecule has 0 fully saturated rings. The Hall–Kier alpha value is -3.60. The maximum atomic E-state index is 13.9. The number of esters is 2. The maximum absolute atomic E-state index is 13.9. The molecule has 3 aromatic rings. The molecule has 0 bridgehead atoms. The topological polar surface area (TPSA) is 72.8 Å². The van der Waals surface area contributed by atoms with Crippen LogP contribution in [0.4, 0.5) is 0 Å². The van der Waals surface area contributed by atoms with Crippen LogP contribution in [0.5, 0.6) is 17.2 Å². The van der Waals surface area contributed by atoms with Crippen molar-refractivity contribution >= 4 is 11.9 Å². The largest absolute Gasteiger partial charge is 0.507 e. The number of ether oxygens (including phenoxy) is 2. The summed E-state index contributed by atoms with van der Waals surface area (Å²) >= 11 is 0. The second kappa shape index (κ2) is 16.9. The van der Waals surface area contributed by atoms with Crippen LogP contribution in [0, 0.1) is 19.8 Å². The monoisotopic (exact) mass is 670 g/mol. The van der Waals surface area contributed by atoms with Crippen molar-refractivity contribution in [2.24, 2.45) is 5.92 Å². The zero-order chi connectivity index (χ0) is 36.6. The molecule has 0 amide bonds. The number of phenols is 1. The van der Waals surface area contributed by atoms with Crippen molar-refractivity contribution in [3.63, 3.8) is 0 Å². The molecule has 5 heteroatoms. The van der Waals surface area contributed by atoms with Gasteiger partial charge in [0.15, 0.2) is 5.92 Å². The third-order valence-electron chi connectivity index (χ3n) is 10.3. The first kappa shape index (κ1) is 39.8. The number of carbonyl (C=O) groups excluding carboxylic acids is 2. The molecule has 0 aliphatic heterocycles.